The molecule has 1 aliphatic rings. The van der Waals surface area contributed by atoms with Crippen molar-refractivity contribution in [1.82, 2.24) is 0 Å². The van der Waals surface area contributed by atoms with Crippen LogP contribution in [0.25, 0.3) is 0 Å². The van der Waals surface area contributed by atoms with E-state index in [0.717, 1.165) is 26.1 Å². The van der Waals surface area contributed by atoms with Crippen LogP contribution in [-0.4, -0.2) is 19.6 Å². The van der Waals surface area contributed by atoms with Gasteiger partial charge in [-0.1, -0.05) is 6.92 Å². The predicted octanol–water partition coefficient (Wildman–Crippen LogP) is 1.73. The number of nitrogens with two attached hydrogens (primary N) is 1. The molecular weight excluding hydrogens is 198 g/mol. The van der Waals surface area contributed by atoms with Gasteiger partial charge in [-0.05, 0) is 42.6 Å². The lowest BCUT2D eigenvalue weighted by molar-refractivity contribution is 0.383. The minimum Gasteiger partial charge on any atom is -0.371 e. The van der Waals surface area contributed by atoms with E-state index in [1.165, 1.54) is 5.69 Å². The number of anilines is 1. The molecule has 3 heteroatoms. The lowest BCUT2D eigenvalue weighted by Crippen LogP contribution is -2.31. The molecule has 0 saturated carbocycles. The second-order valence-corrected chi connectivity index (χ2v) is 4.85. The Kier molecular flexibility index (Phi) is 2.84. The van der Waals surface area contributed by atoms with E-state index in [1.807, 2.05) is 24.3 Å². The summed E-state index contributed by atoms with van der Waals surface area (Å²) >= 11 is 0. The molecule has 1 aliphatic heterocycles. The topological polar surface area (TPSA) is 53.0 Å². The van der Waals surface area contributed by atoms with Crippen molar-refractivity contribution in [3.63, 3.8) is 0 Å². The Hall–Kier alpha value is -1.53. The second-order valence-electron chi connectivity index (χ2n) is 4.85. The molecule has 0 amide bonds. The zero-order valence-corrected chi connectivity index (χ0v) is 9.61. The third kappa shape index (κ3) is 2.02. The Labute approximate surface area is 96.5 Å². The summed E-state index contributed by atoms with van der Waals surface area (Å²) in [5.41, 5.74) is 7.93. The summed E-state index contributed by atoms with van der Waals surface area (Å²) in [6.45, 7) is 5.03. The monoisotopic (exact) mass is 215 g/mol. The molecule has 1 atom stereocenters. The van der Waals surface area contributed by atoms with Crippen LogP contribution in [0.1, 0.15) is 18.9 Å². The highest BCUT2D eigenvalue weighted by Gasteiger charge is 2.32. The van der Waals surface area contributed by atoms with E-state index in [4.69, 9.17) is 11.0 Å². The van der Waals surface area contributed by atoms with E-state index in [0.29, 0.717) is 5.56 Å². The van der Waals surface area contributed by atoms with Crippen LogP contribution in [0, 0.1) is 16.7 Å². The van der Waals surface area contributed by atoms with Crippen LogP contribution in [0.2, 0.25) is 0 Å². The Bertz CT molecular complexity index is 404. The fourth-order valence-electron chi connectivity index (χ4n) is 2.16. The molecule has 3 nitrogen and oxygen atoms in total. The van der Waals surface area contributed by atoms with Crippen molar-refractivity contribution in [2.45, 2.75) is 13.3 Å². The number of hydrogen-bond acceptors (Lipinski definition) is 3. The van der Waals surface area contributed by atoms with Crippen LogP contribution in [0.15, 0.2) is 24.3 Å². The predicted molar refractivity (Wildman–Crippen MR) is 65.1 cm³/mol. The molecule has 2 rings (SSSR count). The molecule has 0 aliphatic carbocycles. The quantitative estimate of drug-likeness (QED) is 0.817. The molecule has 1 saturated heterocycles. The zero-order valence-electron chi connectivity index (χ0n) is 9.61. The van der Waals surface area contributed by atoms with Crippen LogP contribution < -0.4 is 10.6 Å². The minimum absolute atomic E-state index is 0.244. The molecule has 0 aromatic heterocycles. The normalized spacial score (nSPS) is 24.4. The summed E-state index contributed by atoms with van der Waals surface area (Å²) in [6, 6.07) is 9.90. The maximum atomic E-state index is 8.73. The third-order valence-corrected chi connectivity index (χ3v) is 3.41. The van der Waals surface area contributed by atoms with Crippen LogP contribution in [0.3, 0.4) is 0 Å². The van der Waals surface area contributed by atoms with Crippen LogP contribution >= 0.6 is 0 Å². The number of benzene rings is 1. The van der Waals surface area contributed by atoms with Crippen LogP contribution in [0.5, 0.6) is 0 Å². The van der Waals surface area contributed by atoms with Gasteiger partial charge < -0.3 is 10.6 Å². The molecule has 16 heavy (non-hydrogen) atoms. The standard InChI is InChI=1S/C13H17N3/c1-13(9-15)6-7-16(10-13)12-4-2-11(8-14)3-5-12/h2-5H,6-7,9-10,15H2,1H3. The third-order valence-electron chi connectivity index (χ3n) is 3.41. The molecule has 2 N–H and O–H groups in total. The largest absolute Gasteiger partial charge is 0.371 e. The Balaban J connectivity index is 2.12. The second kappa shape index (κ2) is 4.15. The first-order valence-corrected chi connectivity index (χ1v) is 5.62. The summed E-state index contributed by atoms with van der Waals surface area (Å²) in [7, 11) is 0. The van der Waals surface area contributed by atoms with Crippen molar-refractivity contribution >= 4 is 5.69 Å². The molecule has 84 valence electrons. The van der Waals surface area contributed by atoms with Crippen molar-refractivity contribution in [2.75, 3.05) is 24.5 Å². The fraction of sp³-hybridized carbons (Fsp3) is 0.462. The van der Waals surface area contributed by atoms with Crippen molar-refractivity contribution in [1.29, 1.82) is 5.26 Å². The van der Waals surface area contributed by atoms with Crippen molar-refractivity contribution in [3.8, 4) is 6.07 Å². The maximum Gasteiger partial charge on any atom is 0.0991 e. The van der Waals surface area contributed by atoms with Gasteiger partial charge in [-0.2, -0.15) is 5.26 Å². The molecule has 0 spiro atoms. The van der Waals surface area contributed by atoms with Gasteiger partial charge in [-0.25, -0.2) is 0 Å². The van der Waals surface area contributed by atoms with Gasteiger partial charge >= 0.3 is 0 Å². The van der Waals surface area contributed by atoms with Gasteiger partial charge in [0.1, 0.15) is 0 Å². The Morgan fingerprint density at radius 1 is 1.44 bits per heavy atom. The Morgan fingerprint density at radius 3 is 2.62 bits per heavy atom. The first-order chi connectivity index (χ1) is 7.67. The fourth-order valence-corrected chi connectivity index (χ4v) is 2.16. The lowest BCUT2D eigenvalue weighted by Gasteiger charge is -2.23. The minimum atomic E-state index is 0.244. The summed E-state index contributed by atoms with van der Waals surface area (Å²) in [5, 5.41) is 8.73. The number of nitriles is 1. The van der Waals surface area contributed by atoms with Crippen molar-refractivity contribution in [2.24, 2.45) is 11.1 Å². The van der Waals surface area contributed by atoms with E-state index < -0.39 is 0 Å². The lowest BCUT2D eigenvalue weighted by atomic mass is 9.90. The van der Waals surface area contributed by atoms with E-state index in [9.17, 15) is 0 Å². The molecule has 1 heterocycles. The zero-order chi connectivity index (χ0) is 11.6. The average Bonchev–Trinajstić information content (AvgIpc) is 2.73. The first-order valence-electron chi connectivity index (χ1n) is 5.62. The van der Waals surface area contributed by atoms with Gasteiger partial charge in [-0.3, -0.25) is 0 Å². The molecule has 0 bridgehead atoms. The number of hydrogen-bond donors (Lipinski definition) is 1. The maximum absolute atomic E-state index is 8.73. The van der Waals surface area contributed by atoms with E-state index >= 15 is 0 Å². The van der Waals surface area contributed by atoms with Gasteiger partial charge in [0.05, 0.1) is 11.6 Å². The smallest absolute Gasteiger partial charge is 0.0991 e. The van der Waals surface area contributed by atoms with Gasteiger partial charge in [0, 0.05) is 18.8 Å². The summed E-state index contributed by atoms with van der Waals surface area (Å²) < 4.78 is 0. The van der Waals surface area contributed by atoms with Crippen LogP contribution in [-0.2, 0) is 0 Å². The van der Waals surface area contributed by atoms with Gasteiger partial charge in [0.25, 0.3) is 0 Å². The van der Waals surface area contributed by atoms with E-state index in [2.05, 4.69) is 17.9 Å². The highest BCUT2D eigenvalue weighted by molar-refractivity contribution is 5.50. The van der Waals surface area contributed by atoms with Gasteiger partial charge in [0.2, 0.25) is 0 Å². The molecule has 1 aromatic carbocycles. The Morgan fingerprint density at radius 2 is 2.12 bits per heavy atom. The first kappa shape index (κ1) is 11.0. The van der Waals surface area contributed by atoms with E-state index in [-0.39, 0.29) is 5.41 Å². The molecule has 0 radical (unpaired) electrons. The average molecular weight is 215 g/mol. The summed E-state index contributed by atoms with van der Waals surface area (Å²) in [5.74, 6) is 0. The highest BCUT2D eigenvalue weighted by atomic mass is 15.2. The molecular formula is C13H17N3. The van der Waals surface area contributed by atoms with Gasteiger partial charge in [0.15, 0.2) is 0 Å². The molecule has 1 unspecified atom stereocenters. The van der Waals surface area contributed by atoms with Gasteiger partial charge in [-0.15, -0.1) is 0 Å². The highest BCUT2D eigenvalue weighted by Crippen LogP contribution is 2.32. The molecule has 1 fully saturated rings. The summed E-state index contributed by atoms with van der Waals surface area (Å²) in [4.78, 5) is 2.34. The van der Waals surface area contributed by atoms with Crippen molar-refractivity contribution in [3.05, 3.63) is 29.8 Å². The number of nitrogens with zero attached hydrogens (tertiary/aromatic N) is 2. The van der Waals surface area contributed by atoms with Crippen molar-refractivity contribution < 1.29 is 0 Å². The molecule has 1 aromatic rings. The van der Waals surface area contributed by atoms with E-state index in [1.54, 1.807) is 0 Å². The van der Waals surface area contributed by atoms with Crippen LogP contribution in [0.4, 0.5) is 5.69 Å². The SMILES string of the molecule is CC1(CN)CCN(c2ccc(C#N)cc2)C1. The summed E-state index contributed by atoms with van der Waals surface area (Å²) in [6.07, 6.45) is 1.14. The number of rotatable bonds is 2.